The van der Waals surface area contributed by atoms with Gasteiger partial charge in [-0.2, -0.15) is 11.8 Å². The average Bonchev–Trinajstić information content (AvgIpc) is 3.22. The van der Waals surface area contributed by atoms with Crippen LogP contribution in [0.15, 0.2) is 22.7 Å². The Morgan fingerprint density at radius 2 is 2.04 bits per heavy atom. The van der Waals surface area contributed by atoms with Gasteiger partial charge in [-0.05, 0) is 66.3 Å². The highest BCUT2D eigenvalue weighted by molar-refractivity contribution is 9.10. The first kappa shape index (κ1) is 17.1. The van der Waals surface area contributed by atoms with Crippen molar-refractivity contribution < 1.29 is 9.53 Å². The summed E-state index contributed by atoms with van der Waals surface area (Å²) in [6.45, 7) is 4.04. The molecular formula is C17H23BrN2O2S. The number of hydrogen-bond donors (Lipinski definition) is 0. The molecule has 0 radical (unpaired) electrons. The van der Waals surface area contributed by atoms with Gasteiger partial charge in [0.25, 0.3) is 5.91 Å². The SMILES string of the molecule is COc1ccc(C(=O)N2C[C@@H](N3CCCC3)[C@H](SC)C2)cc1Br. The van der Waals surface area contributed by atoms with E-state index >= 15 is 0 Å². The van der Waals surface area contributed by atoms with E-state index in [1.165, 1.54) is 25.9 Å². The minimum Gasteiger partial charge on any atom is -0.496 e. The van der Waals surface area contributed by atoms with E-state index in [4.69, 9.17) is 4.74 Å². The van der Waals surface area contributed by atoms with Gasteiger partial charge in [0, 0.05) is 29.9 Å². The lowest BCUT2D eigenvalue weighted by atomic mass is 10.2. The lowest BCUT2D eigenvalue weighted by Crippen LogP contribution is -2.40. The molecule has 0 bridgehead atoms. The Labute approximate surface area is 150 Å². The number of benzene rings is 1. The highest BCUT2D eigenvalue weighted by Gasteiger charge is 2.39. The molecule has 3 rings (SSSR count). The number of ether oxygens (including phenoxy) is 1. The van der Waals surface area contributed by atoms with Crippen molar-refractivity contribution in [2.24, 2.45) is 0 Å². The Morgan fingerprint density at radius 3 is 2.65 bits per heavy atom. The Bertz CT molecular complexity index is 578. The lowest BCUT2D eigenvalue weighted by molar-refractivity contribution is 0.0780. The average molecular weight is 399 g/mol. The van der Waals surface area contributed by atoms with Crippen molar-refractivity contribution >= 4 is 33.6 Å². The molecule has 2 aliphatic rings. The third-order valence-electron chi connectivity index (χ3n) is 4.84. The zero-order valence-corrected chi connectivity index (χ0v) is 16.0. The van der Waals surface area contributed by atoms with Gasteiger partial charge in [-0.1, -0.05) is 0 Å². The molecule has 1 aromatic rings. The zero-order chi connectivity index (χ0) is 16.4. The van der Waals surface area contributed by atoms with Crippen LogP contribution in [0.5, 0.6) is 5.75 Å². The van der Waals surface area contributed by atoms with E-state index in [-0.39, 0.29) is 5.91 Å². The van der Waals surface area contributed by atoms with Crippen LogP contribution in [-0.2, 0) is 0 Å². The van der Waals surface area contributed by atoms with Crippen LogP contribution in [0, 0.1) is 0 Å². The first-order valence-corrected chi connectivity index (χ1v) is 10.1. The Morgan fingerprint density at radius 1 is 1.30 bits per heavy atom. The van der Waals surface area contributed by atoms with Gasteiger partial charge in [0.1, 0.15) is 5.75 Å². The molecule has 23 heavy (non-hydrogen) atoms. The molecular weight excluding hydrogens is 376 g/mol. The molecule has 1 amide bonds. The van der Waals surface area contributed by atoms with Gasteiger partial charge < -0.3 is 9.64 Å². The summed E-state index contributed by atoms with van der Waals surface area (Å²) in [7, 11) is 1.63. The largest absolute Gasteiger partial charge is 0.496 e. The third-order valence-corrected chi connectivity index (χ3v) is 6.52. The number of halogens is 1. The van der Waals surface area contributed by atoms with Crippen molar-refractivity contribution in [1.29, 1.82) is 0 Å². The van der Waals surface area contributed by atoms with Gasteiger partial charge in [0.15, 0.2) is 0 Å². The molecule has 0 unspecified atom stereocenters. The zero-order valence-electron chi connectivity index (χ0n) is 13.6. The third kappa shape index (κ3) is 3.54. The maximum atomic E-state index is 12.9. The summed E-state index contributed by atoms with van der Waals surface area (Å²) in [5, 5.41) is 0.513. The lowest BCUT2D eigenvalue weighted by Gasteiger charge is -2.27. The molecule has 6 heteroatoms. The number of hydrogen-bond acceptors (Lipinski definition) is 4. The summed E-state index contributed by atoms with van der Waals surface area (Å²) >= 11 is 5.36. The van der Waals surface area contributed by atoms with Gasteiger partial charge in [-0.15, -0.1) is 0 Å². The number of rotatable bonds is 4. The Balaban J connectivity index is 1.73. The van der Waals surface area contributed by atoms with Gasteiger partial charge >= 0.3 is 0 Å². The van der Waals surface area contributed by atoms with Crippen molar-refractivity contribution in [3.05, 3.63) is 28.2 Å². The van der Waals surface area contributed by atoms with E-state index in [9.17, 15) is 4.79 Å². The van der Waals surface area contributed by atoms with E-state index < -0.39 is 0 Å². The topological polar surface area (TPSA) is 32.8 Å². The van der Waals surface area contributed by atoms with Crippen molar-refractivity contribution in [3.63, 3.8) is 0 Å². The highest BCUT2D eigenvalue weighted by Crippen LogP contribution is 2.30. The molecule has 126 valence electrons. The molecule has 0 saturated carbocycles. The van der Waals surface area contributed by atoms with Gasteiger partial charge in [-0.25, -0.2) is 0 Å². The minimum atomic E-state index is 0.120. The number of nitrogens with zero attached hydrogens (tertiary/aromatic N) is 2. The molecule has 2 heterocycles. The van der Waals surface area contributed by atoms with Gasteiger partial charge in [0.2, 0.25) is 0 Å². The maximum Gasteiger partial charge on any atom is 0.253 e. The number of amides is 1. The summed E-state index contributed by atoms with van der Waals surface area (Å²) in [6.07, 6.45) is 4.74. The van der Waals surface area contributed by atoms with E-state index in [1.54, 1.807) is 7.11 Å². The highest BCUT2D eigenvalue weighted by atomic mass is 79.9. The predicted molar refractivity (Wildman–Crippen MR) is 98.5 cm³/mol. The molecule has 0 aliphatic carbocycles. The van der Waals surface area contributed by atoms with Crippen LogP contribution >= 0.6 is 27.7 Å². The number of methoxy groups -OCH3 is 1. The molecule has 1 aromatic carbocycles. The van der Waals surface area contributed by atoms with Gasteiger partial charge in [0.05, 0.1) is 11.6 Å². The van der Waals surface area contributed by atoms with Crippen LogP contribution in [0.3, 0.4) is 0 Å². The first-order chi connectivity index (χ1) is 11.1. The molecule has 0 aromatic heterocycles. The second-order valence-corrected chi connectivity index (χ2v) is 8.08. The number of carbonyl (C=O) groups excluding carboxylic acids is 1. The molecule has 2 atom stereocenters. The Kier molecular flexibility index (Phi) is 5.54. The standard InChI is InChI=1S/C17H23BrN2O2S/c1-22-15-6-5-12(9-13(15)18)17(21)20-10-14(16(11-20)23-2)19-7-3-4-8-19/h5-6,9,14,16H,3-4,7-8,10-11H2,1-2H3/t14-,16-/m1/s1. The second-order valence-electron chi connectivity index (χ2n) is 6.14. The molecule has 4 nitrogen and oxygen atoms in total. The van der Waals surface area contributed by atoms with Crippen LogP contribution in [0.1, 0.15) is 23.2 Å². The van der Waals surface area contributed by atoms with Crippen molar-refractivity contribution in [2.45, 2.75) is 24.1 Å². The van der Waals surface area contributed by atoms with Crippen LogP contribution < -0.4 is 4.74 Å². The minimum absolute atomic E-state index is 0.120. The van der Waals surface area contributed by atoms with E-state index in [0.29, 0.717) is 11.3 Å². The van der Waals surface area contributed by atoms with E-state index in [1.807, 2.05) is 34.9 Å². The quantitative estimate of drug-likeness (QED) is 0.779. The molecule has 2 aliphatic heterocycles. The summed E-state index contributed by atoms with van der Waals surface area (Å²) < 4.78 is 6.06. The maximum absolute atomic E-state index is 12.9. The van der Waals surface area contributed by atoms with Gasteiger partial charge in [-0.3, -0.25) is 9.69 Å². The number of thioether (sulfide) groups is 1. The van der Waals surface area contributed by atoms with Crippen LogP contribution in [0.4, 0.5) is 0 Å². The smallest absolute Gasteiger partial charge is 0.253 e. The normalized spacial score (nSPS) is 25.1. The van der Waals surface area contributed by atoms with E-state index in [0.717, 1.165) is 28.9 Å². The summed E-state index contributed by atoms with van der Waals surface area (Å²) in [6, 6.07) is 6.05. The molecule has 2 fully saturated rings. The van der Waals surface area contributed by atoms with Crippen molar-refractivity contribution in [3.8, 4) is 5.75 Å². The molecule has 2 saturated heterocycles. The fraction of sp³-hybridized carbons (Fsp3) is 0.588. The van der Waals surface area contributed by atoms with Crippen molar-refractivity contribution in [1.82, 2.24) is 9.80 Å². The first-order valence-electron chi connectivity index (χ1n) is 8.03. The van der Waals surface area contributed by atoms with E-state index in [2.05, 4.69) is 27.1 Å². The molecule has 0 spiro atoms. The monoisotopic (exact) mass is 398 g/mol. The summed E-state index contributed by atoms with van der Waals surface area (Å²) in [4.78, 5) is 17.4. The number of carbonyl (C=O) groups is 1. The predicted octanol–water partition coefficient (Wildman–Crippen LogP) is 3.11. The second kappa shape index (κ2) is 7.45. The fourth-order valence-electron chi connectivity index (χ4n) is 3.56. The van der Waals surface area contributed by atoms with Crippen LogP contribution in [0.2, 0.25) is 0 Å². The fourth-order valence-corrected chi connectivity index (χ4v) is 5.00. The molecule has 0 N–H and O–H groups in total. The Hall–Kier alpha value is -0.720. The van der Waals surface area contributed by atoms with Crippen molar-refractivity contribution in [2.75, 3.05) is 39.5 Å². The summed E-state index contributed by atoms with van der Waals surface area (Å²) in [5.74, 6) is 0.869. The number of likely N-dealkylation sites (tertiary alicyclic amines) is 2. The summed E-state index contributed by atoms with van der Waals surface area (Å²) in [5.41, 5.74) is 0.722. The van der Waals surface area contributed by atoms with Crippen LogP contribution in [-0.4, -0.2) is 66.5 Å². The van der Waals surface area contributed by atoms with Crippen LogP contribution in [0.25, 0.3) is 0 Å².